The van der Waals surface area contributed by atoms with Gasteiger partial charge in [0.1, 0.15) is 6.04 Å². The van der Waals surface area contributed by atoms with Crippen molar-refractivity contribution in [3.05, 3.63) is 58.1 Å². The number of piperidine rings is 2. The largest absolute Gasteiger partial charge is 0.465 e. The number of carbonyl (C=O) groups excluding carboxylic acids is 4. The van der Waals surface area contributed by atoms with Gasteiger partial charge in [-0.3, -0.25) is 19.4 Å². The van der Waals surface area contributed by atoms with Crippen LogP contribution >= 0.6 is 11.6 Å². The third-order valence-electron chi connectivity index (χ3n) is 11.2. The first-order valence-electron chi connectivity index (χ1n) is 19.1. The minimum absolute atomic E-state index is 0.0876. The highest BCUT2D eigenvalue weighted by molar-refractivity contribution is 6.33. The number of para-hydroxylation sites is 1. The maximum absolute atomic E-state index is 14.2. The number of likely N-dealkylation sites (tertiary alicyclic amines) is 2. The van der Waals surface area contributed by atoms with Gasteiger partial charge in [-0.25, -0.2) is 9.59 Å². The molecule has 0 spiro atoms. The van der Waals surface area contributed by atoms with Gasteiger partial charge in [-0.05, 0) is 68.4 Å². The number of rotatable bonds is 9. The predicted octanol–water partition coefficient (Wildman–Crippen LogP) is 4.29. The molecule has 13 nitrogen and oxygen atoms in total. The van der Waals surface area contributed by atoms with Crippen LogP contribution < -0.4 is 16.4 Å². The summed E-state index contributed by atoms with van der Waals surface area (Å²) in [7, 11) is 0. The van der Waals surface area contributed by atoms with Crippen molar-refractivity contribution in [2.45, 2.75) is 69.8 Å². The Morgan fingerprint density at radius 1 is 0.945 bits per heavy atom. The summed E-state index contributed by atoms with van der Waals surface area (Å²) in [5, 5.41) is 5.56. The van der Waals surface area contributed by atoms with E-state index in [0.29, 0.717) is 71.4 Å². The number of esters is 1. The van der Waals surface area contributed by atoms with Crippen LogP contribution in [0.4, 0.5) is 34.1 Å². The van der Waals surface area contributed by atoms with Crippen LogP contribution in [0.1, 0.15) is 49.3 Å². The minimum atomic E-state index is -4.77. The van der Waals surface area contributed by atoms with Gasteiger partial charge in [0, 0.05) is 83.1 Å². The molecular formula is C38H50ClF3N8O5. The average molecular weight is 791 g/mol. The zero-order chi connectivity index (χ0) is 39.3. The second-order valence-corrected chi connectivity index (χ2v) is 15.1. The summed E-state index contributed by atoms with van der Waals surface area (Å²) >= 11 is 6.15. The quantitative estimate of drug-likeness (QED) is 0.253. The second-order valence-electron chi connectivity index (χ2n) is 14.7. The Morgan fingerprint density at radius 2 is 1.60 bits per heavy atom. The summed E-state index contributed by atoms with van der Waals surface area (Å²) in [5.74, 6) is -0.624. The molecule has 0 unspecified atom stereocenters. The predicted molar refractivity (Wildman–Crippen MR) is 202 cm³/mol. The number of nitrogens with two attached hydrogens (primary N) is 1. The highest BCUT2D eigenvalue weighted by Gasteiger charge is 2.38. The van der Waals surface area contributed by atoms with Crippen molar-refractivity contribution in [3.8, 4) is 0 Å². The van der Waals surface area contributed by atoms with Crippen LogP contribution in [0.25, 0.3) is 0 Å². The molecule has 1 atom stereocenters. The number of carbonyl (C=O) groups is 4. The molecule has 2 aromatic rings. The van der Waals surface area contributed by atoms with E-state index in [-0.39, 0.29) is 53.5 Å². The molecule has 4 heterocycles. The fourth-order valence-corrected chi connectivity index (χ4v) is 8.41. The van der Waals surface area contributed by atoms with Crippen molar-refractivity contribution >= 4 is 46.9 Å². The number of ether oxygens (including phenoxy) is 1. The van der Waals surface area contributed by atoms with E-state index in [1.54, 1.807) is 16.7 Å². The van der Waals surface area contributed by atoms with Crippen molar-refractivity contribution in [1.29, 1.82) is 0 Å². The van der Waals surface area contributed by atoms with Gasteiger partial charge < -0.3 is 35.8 Å². The van der Waals surface area contributed by atoms with Crippen LogP contribution in [-0.2, 0) is 33.3 Å². The molecule has 0 aromatic heterocycles. The Balaban J connectivity index is 1.09. The molecule has 0 aliphatic carbocycles. The van der Waals surface area contributed by atoms with Crippen molar-refractivity contribution in [3.63, 3.8) is 0 Å². The summed E-state index contributed by atoms with van der Waals surface area (Å²) in [6.07, 6.45) is -1.84. The number of piperazine rings is 1. The van der Waals surface area contributed by atoms with E-state index in [9.17, 15) is 32.3 Å². The zero-order valence-corrected chi connectivity index (χ0v) is 31.8. The topological polar surface area (TPSA) is 144 Å². The number of fused-ring (bicyclic) bond motifs is 1. The van der Waals surface area contributed by atoms with Crippen molar-refractivity contribution < 1.29 is 37.1 Å². The third-order valence-corrected chi connectivity index (χ3v) is 11.5. The van der Waals surface area contributed by atoms with Crippen LogP contribution in [0, 0.1) is 0 Å². The number of amides is 5. The van der Waals surface area contributed by atoms with Gasteiger partial charge in [0.2, 0.25) is 5.91 Å². The molecule has 17 heteroatoms. The number of alkyl halides is 3. The molecule has 4 aliphatic heterocycles. The van der Waals surface area contributed by atoms with E-state index in [1.165, 1.54) is 6.07 Å². The maximum Gasteiger partial charge on any atom is 0.418 e. The van der Waals surface area contributed by atoms with E-state index in [4.69, 9.17) is 22.1 Å². The van der Waals surface area contributed by atoms with Gasteiger partial charge in [0.05, 0.1) is 29.4 Å². The molecule has 3 saturated heterocycles. The van der Waals surface area contributed by atoms with Crippen LogP contribution in [-0.4, -0.2) is 139 Å². The molecular weight excluding hydrogens is 741 g/mol. The molecule has 0 saturated carbocycles. The first-order valence-corrected chi connectivity index (χ1v) is 19.4. The van der Waals surface area contributed by atoms with Gasteiger partial charge in [-0.15, -0.1) is 0 Å². The Morgan fingerprint density at radius 3 is 2.27 bits per heavy atom. The Kier molecular flexibility index (Phi) is 13.0. The van der Waals surface area contributed by atoms with Gasteiger partial charge in [-0.2, -0.15) is 13.2 Å². The van der Waals surface area contributed by atoms with Gasteiger partial charge in [0.15, 0.2) is 0 Å². The van der Waals surface area contributed by atoms with E-state index in [0.717, 1.165) is 43.5 Å². The molecule has 4 N–H and O–H groups in total. The third kappa shape index (κ3) is 9.94. The summed E-state index contributed by atoms with van der Waals surface area (Å²) in [4.78, 5) is 62.5. The molecule has 4 aliphatic rings. The van der Waals surface area contributed by atoms with E-state index >= 15 is 0 Å². The lowest BCUT2D eigenvalue weighted by molar-refractivity contribution is -0.145. The first-order chi connectivity index (χ1) is 26.3. The molecule has 0 bridgehead atoms. The van der Waals surface area contributed by atoms with Crippen molar-refractivity contribution in [2.75, 3.05) is 83.1 Å². The summed E-state index contributed by atoms with van der Waals surface area (Å²) in [5.41, 5.74) is 5.96. The standard InChI is InChI=1S/C38H50ClF3N8O5/c1-2-55-33(51)24-46-17-19-47(20-18-46)27-8-12-48(13-9-27)35(52)32(23-25-21-29(38(40,41)42)34(43)30(39)22-25)45-36(53)49-14-10-28(11-15-49)50-16-7-26-5-3-4-6-31(26)44-37(50)54/h3-6,21-22,27-28,32H,2,7-20,23-24,43H2,1H3,(H,44,54)(H,45,53)/t32-/m1/s1. The number of nitrogens with zero attached hydrogens (tertiary/aromatic N) is 5. The van der Waals surface area contributed by atoms with Gasteiger partial charge in [0.25, 0.3) is 0 Å². The van der Waals surface area contributed by atoms with Gasteiger partial charge >= 0.3 is 24.2 Å². The lowest BCUT2D eigenvalue weighted by Gasteiger charge is -2.43. The number of anilines is 2. The molecule has 300 valence electrons. The fraction of sp³-hybridized carbons (Fsp3) is 0.579. The highest BCUT2D eigenvalue weighted by Crippen LogP contribution is 2.38. The Labute approximate surface area is 324 Å². The minimum Gasteiger partial charge on any atom is -0.465 e. The van der Waals surface area contributed by atoms with Crippen molar-refractivity contribution in [2.24, 2.45) is 0 Å². The van der Waals surface area contributed by atoms with Crippen LogP contribution in [0.3, 0.4) is 0 Å². The maximum atomic E-state index is 14.2. The number of halogens is 4. The first kappa shape index (κ1) is 40.4. The monoisotopic (exact) mass is 790 g/mol. The Hall–Kier alpha value is -4.28. The summed E-state index contributed by atoms with van der Waals surface area (Å²) < 4.78 is 46.7. The van der Waals surface area contributed by atoms with Crippen LogP contribution in [0.5, 0.6) is 0 Å². The molecule has 0 radical (unpaired) electrons. The molecule has 5 amide bonds. The number of nitrogen functional groups attached to an aromatic ring is 1. The SMILES string of the molecule is CCOC(=O)CN1CCN(C2CCN(C(=O)[C@@H](Cc3cc(Cl)c(N)c(C(F)(F)F)c3)NC(=O)N3CCC(N4CCc5ccccc5NC4=O)CC3)CC2)CC1. The Bertz CT molecular complexity index is 1710. The van der Waals surface area contributed by atoms with Crippen molar-refractivity contribution in [1.82, 2.24) is 29.8 Å². The molecule has 3 fully saturated rings. The molecule has 2 aromatic carbocycles. The molecule has 6 rings (SSSR count). The van der Waals surface area contributed by atoms with Crippen LogP contribution in [0.15, 0.2) is 36.4 Å². The van der Waals surface area contributed by atoms with E-state index in [2.05, 4.69) is 20.4 Å². The summed E-state index contributed by atoms with van der Waals surface area (Å²) in [6.45, 7) is 7.45. The number of nitrogens with one attached hydrogen (secondary N) is 2. The van der Waals surface area contributed by atoms with Crippen LogP contribution in [0.2, 0.25) is 5.02 Å². The van der Waals surface area contributed by atoms with E-state index in [1.807, 2.05) is 29.2 Å². The lowest BCUT2D eigenvalue weighted by atomic mass is 9.98. The molecule has 55 heavy (non-hydrogen) atoms. The zero-order valence-electron chi connectivity index (χ0n) is 31.1. The number of hydrogen-bond donors (Lipinski definition) is 3. The van der Waals surface area contributed by atoms with Gasteiger partial charge in [-0.1, -0.05) is 29.8 Å². The smallest absolute Gasteiger partial charge is 0.418 e. The number of hydrogen-bond acceptors (Lipinski definition) is 8. The number of urea groups is 2. The van der Waals surface area contributed by atoms with E-state index < -0.39 is 29.5 Å². The highest BCUT2D eigenvalue weighted by atomic mass is 35.5. The fourth-order valence-electron chi connectivity index (χ4n) is 8.17. The second kappa shape index (κ2) is 17.7. The average Bonchev–Trinajstić information content (AvgIpc) is 3.33. The number of benzene rings is 2. The lowest BCUT2D eigenvalue weighted by Crippen LogP contribution is -2.58. The summed E-state index contributed by atoms with van der Waals surface area (Å²) in [6, 6.07) is 8.18. The normalized spacial score (nSPS) is 20.0.